The van der Waals surface area contributed by atoms with Crippen molar-refractivity contribution in [3.63, 3.8) is 0 Å². The summed E-state index contributed by atoms with van der Waals surface area (Å²) in [6.07, 6.45) is 0. The number of halogens is 2. The lowest BCUT2D eigenvalue weighted by molar-refractivity contribution is 0.314. The minimum absolute atomic E-state index is 0.0224. The zero-order chi connectivity index (χ0) is 19.0. The third-order valence-electron chi connectivity index (χ3n) is 3.58. The third-order valence-corrected chi connectivity index (χ3v) is 4.54. The molecule has 26 heavy (non-hydrogen) atoms. The summed E-state index contributed by atoms with van der Waals surface area (Å²) in [5, 5.41) is 3.89. The molecule has 0 aliphatic rings. The minimum atomic E-state index is 0.0224. The van der Waals surface area contributed by atoms with E-state index in [9.17, 15) is 0 Å². The molecule has 0 saturated carbocycles. The number of anilines is 1. The van der Waals surface area contributed by atoms with Gasteiger partial charge < -0.3 is 19.9 Å². The van der Waals surface area contributed by atoms with Crippen LogP contribution in [0.25, 0.3) is 11.0 Å². The summed E-state index contributed by atoms with van der Waals surface area (Å²) in [5.74, 6) is 0.849. The van der Waals surface area contributed by atoms with Crippen LogP contribution in [-0.4, -0.2) is 46.1 Å². The third kappa shape index (κ3) is 3.00. The molecule has 3 N–H and O–H groups in total. The summed E-state index contributed by atoms with van der Waals surface area (Å²) in [7, 11) is 4.41. The van der Waals surface area contributed by atoms with E-state index in [2.05, 4.69) is 20.1 Å². The molecular weight excluding hydrogens is 403 g/mol. The first-order valence-electron chi connectivity index (χ1n) is 7.17. The van der Waals surface area contributed by atoms with E-state index in [1.807, 2.05) is 0 Å². The molecule has 0 saturated heterocycles. The number of H-pyrrole nitrogens is 1. The number of aromatic amines is 1. The quantitative estimate of drug-likeness (QED) is 0.481. The van der Waals surface area contributed by atoms with Gasteiger partial charge in [-0.25, -0.2) is 9.97 Å². The van der Waals surface area contributed by atoms with Crippen LogP contribution < -0.4 is 19.9 Å². The number of aromatic nitrogens is 5. The SMILES string of the molecule is COc1nc(Cn2[nH]c(=S)c3c(Cl)nc(N)nc32)c(Cl)c(OC)c1OC. The number of nitrogens with two attached hydrogens (primary N) is 1. The molecule has 3 heterocycles. The van der Waals surface area contributed by atoms with Crippen LogP contribution in [0, 0.1) is 4.64 Å². The fourth-order valence-corrected chi connectivity index (χ4v) is 3.36. The first-order valence-corrected chi connectivity index (χ1v) is 8.33. The van der Waals surface area contributed by atoms with E-state index in [1.165, 1.54) is 21.3 Å². The van der Waals surface area contributed by atoms with Gasteiger partial charge in [-0.2, -0.15) is 4.98 Å². The van der Waals surface area contributed by atoms with Gasteiger partial charge in [0.2, 0.25) is 11.7 Å². The van der Waals surface area contributed by atoms with Crippen molar-refractivity contribution in [3.8, 4) is 17.4 Å². The van der Waals surface area contributed by atoms with Crippen LogP contribution in [0.15, 0.2) is 0 Å². The Hall–Kier alpha value is -2.30. The summed E-state index contributed by atoms with van der Waals surface area (Å²) in [5.41, 5.74) is 6.56. The van der Waals surface area contributed by atoms with Crippen LogP contribution in [0.1, 0.15) is 5.69 Å². The minimum Gasteiger partial charge on any atom is -0.491 e. The molecule has 3 rings (SSSR count). The maximum atomic E-state index is 6.43. The summed E-state index contributed by atoms with van der Waals surface area (Å²) < 4.78 is 17.8. The van der Waals surface area contributed by atoms with Crippen molar-refractivity contribution >= 4 is 52.4 Å². The molecule has 138 valence electrons. The van der Waals surface area contributed by atoms with Gasteiger partial charge in [-0.3, -0.25) is 9.78 Å². The van der Waals surface area contributed by atoms with Crippen LogP contribution in [0.4, 0.5) is 5.95 Å². The molecule has 0 amide bonds. The molecule has 0 bridgehead atoms. The zero-order valence-electron chi connectivity index (χ0n) is 14.0. The Morgan fingerprint density at radius 2 is 1.77 bits per heavy atom. The second-order valence-electron chi connectivity index (χ2n) is 5.05. The molecule has 3 aromatic heterocycles. The van der Waals surface area contributed by atoms with E-state index >= 15 is 0 Å². The van der Waals surface area contributed by atoms with E-state index in [0.29, 0.717) is 32.9 Å². The Kier molecular flexibility index (Phi) is 5.08. The molecule has 0 unspecified atom stereocenters. The maximum absolute atomic E-state index is 6.43. The number of fused-ring (bicyclic) bond motifs is 1. The Bertz CT molecular complexity index is 1050. The molecule has 9 nitrogen and oxygen atoms in total. The maximum Gasteiger partial charge on any atom is 0.261 e. The topological polar surface area (TPSA) is 113 Å². The molecule has 0 fully saturated rings. The van der Waals surface area contributed by atoms with E-state index in [-0.39, 0.29) is 28.5 Å². The van der Waals surface area contributed by atoms with Crippen LogP contribution in [0.5, 0.6) is 17.4 Å². The number of nitrogens with zero attached hydrogens (tertiary/aromatic N) is 4. The smallest absolute Gasteiger partial charge is 0.261 e. The van der Waals surface area contributed by atoms with Gasteiger partial charge in [-0.05, 0) is 0 Å². The second kappa shape index (κ2) is 7.14. The number of methoxy groups -OCH3 is 3. The highest BCUT2D eigenvalue weighted by Crippen LogP contribution is 2.42. The molecule has 0 spiro atoms. The summed E-state index contributed by atoms with van der Waals surface area (Å²) >= 11 is 17.8. The average Bonchev–Trinajstić information content (AvgIpc) is 2.91. The lowest BCUT2D eigenvalue weighted by Crippen LogP contribution is -2.09. The van der Waals surface area contributed by atoms with E-state index < -0.39 is 0 Å². The number of ether oxygens (including phenoxy) is 3. The van der Waals surface area contributed by atoms with E-state index in [1.54, 1.807) is 4.68 Å². The molecule has 0 atom stereocenters. The Labute approximate surface area is 163 Å². The van der Waals surface area contributed by atoms with Gasteiger partial charge >= 0.3 is 0 Å². The van der Waals surface area contributed by atoms with Crippen molar-refractivity contribution in [2.75, 3.05) is 27.1 Å². The molecule has 3 aromatic rings. The molecule has 0 aliphatic heterocycles. The predicted molar refractivity (Wildman–Crippen MR) is 100 cm³/mol. The van der Waals surface area contributed by atoms with Crippen LogP contribution in [0.3, 0.4) is 0 Å². The number of pyridine rings is 1. The fourth-order valence-electron chi connectivity index (χ4n) is 2.48. The van der Waals surface area contributed by atoms with Crippen molar-refractivity contribution in [3.05, 3.63) is 20.5 Å². The highest BCUT2D eigenvalue weighted by atomic mass is 35.5. The first-order chi connectivity index (χ1) is 12.4. The average molecular weight is 417 g/mol. The number of nitrogens with one attached hydrogen (secondary N) is 1. The fraction of sp³-hybridized carbons (Fsp3) is 0.286. The highest BCUT2D eigenvalue weighted by Gasteiger charge is 2.22. The molecule has 0 aromatic carbocycles. The van der Waals surface area contributed by atoms with Gasteiger partial charge in [0.25, 0.3) is 5.88 Å². The highest BCUT2D eigenvalue weighted by molar-refractivity contribution is 7.71. The van der Waals surface area contributed by atoms with Crippen molar-refractivity contribution in [2.45, 2.75) is 6.54 Å². The Balaban J connectivity index is 2.19. The molecular formula is C14H14Cl2N6O3S. The summed E-state index contributed by atoms with van der Waals surface area (Å²) in [6.45, 7) is 0.176. The molecule has 0 aliphatic carbocycles. The van der Waals surface area contributed by atoms with Crippen molar-refractivity contribution in [2.24, 2.45) is 0 Å². The van der Waals surface area contributed by atoms with Gasteiger partial charge in [0.1, 0.15) is 14.8 Å². The first kappa shape index (κ1) is 18.5. The van der Waals surface area contributed by atoms with Crippen LogP contribution >= 0.6 is 35.4 Å². The van der Waals surface area contributed by atoms with E-state index in [0.717, 1.165) is 0 Å². The standard InChI is InChI=1S/C14H14Cl2N6O3S/c1-23-8-7(15)5(18-12(25-3)9(8)24-2)4-22-11-6(13(26)21-22)10(16)19-14(17)20-11/h4H2,1-3H3,(H,21,26)(H2,17,19,20). The number of rotatable bonds is 5. The largest absolute Gasteiger partial charge is 0.491 e. The van der Waals surface area contributed by atoms with E-state index in [4.69, 9.17) is 55.4 Å². The Morgan fingerprint density at radius 3 is 2.38 bits per heavy atom. The van der Waals surface area contributed by atoms with Crippen molar-refractivity contribution in [1.82, 2.24) is 24.7 Å². The summed E-state index contributed by atoms with van der Waals surface area (Å²) in [6, 6.07) is 0. The lowest BCUT2D eigenvalue weighted by Gasteiger charge is -2.15. The zero-order valence-corrected chi connectivity index (χ0v) is 16.3. The van der Waals surface area contributed by atoms with Crippen LogP contribution in [0.2, 0.25) is 10.2 Å². The number of hydrogen-bond donors (Lipinski definition) is 2. The Morgan fingerprint density at radius 1 is 1.08 bits per heavy atom. The molecule has 0 radical (unpaired) electrons. The van der Waals surface area contributed by atoms with Gasteiger partial charge in [0.15, 0.2) is 11.4 Å². The number of nitrogen functional groups attached to an aromatic ring is 1. The molecule has 12 heteroatoms. The van der Waals surface area contributed by atoms with Crippen molar-refractivity contribution < 1.29 is 14.2 Å². The number of hydrogen-bond acceptors (Lipinski definition) is 8. The van der Waals surface area contributed by atoms with Crippen LogP contribution in [-0.2, 0) is 6.54 Å². The van der Waals surface area contributed by atoms with Gasteiger partial charge in [0, 0.05) is 0 Å². The van der Waals surface area contributed by atoms with Gasteiger partial charge in [-0.15, -0.1) is 0 Å². The second-order valence-corrected chi connectivity index (χ2v) is 6.19. The van der Waals surface area contributed by atoms with Gasteiger partial charge in [-0.1, -0.05) is 35.4 Å². The van der Waals surface area contributed by atoms with Crippen molar-refractivity contribution in [1.29, 1.82) is 0 Å². The van der Waals surface area contributed by atoms with Gasteiger partial charge in [0.05, 0.1) is 39.0 Å². The predicted octanol–water partition coefficient (Wildman–Crippen LogP) is 2.85. The summed E-state index contributed by atoms with van der Waals surface area (Å²) in [4.78, 5) is 12.5. The monoisotopic (exact) mass is 416 g/mol. The lowest BCUT2D eigenvalue weighted by atomic mass is 10.3. The normalized spacial score (nSPS) is 11.0.